The van der Waals surface area contributed by atoms with E-state index in [2.05, 4.69) is 5.32 Å². The van der Waals surface area contributed by atoms with E-state index in [9.17, 15) is 14.0 Å². The van der Waals surface area contributed by atoms with Gasteiger partial charge in [-0.1, -0.05) is 17.7 Å². The van der Waals surface area contributed by atoms with Crippen molar-refractivity contribution < 1.29 is 14.0 Å². The van der Waals surface area contributed by atoms with Crippen molar-refractivity contribution in [2.45, 2.75) is 19.8 Å². The summed E-state index contributed by atoms with van der Waals surface area (Å²) in [4.78, 5) is 24.2. The summed E-state index contributed by atoms with van der Waals surface area (Å²) in [6, 6.07) is 7.46. The van der Waals surface area contributed by atoms with Gasteiger partial charge >= 0.3 is 0 Å². The minimum atomic E-state index is -0.416. The van der Waals surface area contributed by atoms with Crippen molar-refractivity contribution in [2.24, 2.45) is 0 Å². The first-order chi connectivity index (χ1) is 9.95. The van der Waals surface area contributed by atoms with E-state index in [0.29, 0.717) is 14.9 Å². The summed E-state index contributed by atoms with van der Waals surface area (Å²) in [6.07, 6.45) is 0.140. The molecule has 0 atom stereocenters. The predicted molar refractivity (Wildman–Crippen MR) is 82.7 cm³/mol. The molecule has 3 nitrogen and oxygen atoms in total. The van der Waals surface area contributed by atoms with Gasteiger partial charge in [-0.3, -0.25) is 9.59 Å². The molecule has 2 aromatic rings. The Bertz CT molecular complexity index is 684. The number of ketones is 1. The van der Waals surface area contributed by atoms with Gasteiger partial charge in [0, 0.05) is 18.5 Å². The van der Waals surface area contributed by atoms with E-state index in [4.69, 9.17) is 11.6 Å². The van der Waals surface area contributed by atoms with Crippen LogP contribution in [-0.2, 0) is 4.79 Å². The van der Waals surface area contributed by atoms with Gasteiger partial charge in [0.25, 0.3) is 0 Å². The molecule has 0 aliphatic rings. The maximum Gasteiger partial charge on any atom is 0.224 e. The maximum atomic E-state index is 13.1. The van der Waals surface area contributed by atoms with Gasteiger partial charge in [-0.05, 0) is 36.8 Å². The highest BCUT2D eigenvalue weighted by Gasteiger charge is 2.12. The predicted octanol–water partition coefficient (Wildman–Crippen LogP) is 4.45. The molecule has 110 valence electrons. The van der Waals surface area contributed by atoms with Crippen molar-refractivity contribution in [3.8, 4) is 0 Å². The van der Waals surface area contributed by atoms with E-state index in [0.717, 1.165) is 5.56 Å². The van der Waals surface area contributed by atoms with Crippen LogP contribution in [0.25, 0.3) is 0 Å². The first-order valence-corrected chi connectivity index (χ1v) is 7.49. The van der Waals surface area contributed by atoms with E-state index >= 15 is 0 Å². The number of halogens is 2. The van der Waals surface area contributed by atoms with Gasteiger partial charge in [0.05, 0.1) is 9.21 Å². The molecule has 0 radical (unpaired) electrons. The molecule has 6 heteroatoms. The lowest BCUT2D eigenvalue weighted by atomic mass is 10.1. The SMILES string of the molecule is Cc1ccc(F)cc1NC(=O)CCC(=O)c1ccc(Cl)s1. The Hall–Kier alpha value is -1.72. The number of Topliss-reactive ketones (excluding diaryl/α,β-unsaturated/α-hetero) is 1. The molecule has 21 heavy (non-hydrogen) atoms. The zero-order chi connectivity index (χ0) is 15.4. The van der Waals surface area contributed by atoms with Gasteiger partial charge in [0.1, 0.15) is 5.82 Å². The molecule has 0 aliphatic heterocycles. The van der Waals surface area contributed by atoms with Crippen LogP contribution in [0.1, 0.15) is 28.1 Å². The van der Waals surface area contributed by atoms with E-state index in [-0.39, 0.29) is 24.5 Å². The largest absolute Gasteiger partial charge is 0.326 e. The highest BCUT2D eigenvalue weighted by molar-refractivity contribution is 7.18. The van der Waals surface area contributed by atoms with Crippen LogP contribution in [0.4, 0.5) is 10.1 Å². The Morgan fingerprint density at radius 3 is 2.67 bits per heavy atom. The number of thiophene rings is 1. The average molecular weight is 326 g/mol. The third-order valence-corrected chi connectivity index (χ3v) is 4.17. The molecule has 0 saturated carbocycles. The van der Waals surface area contributed by atoms with Gasteiger partial charge in [-0.25, -0.2) is 4.39 Å². The standard InChI is InChI=1S/C15H13ClFNO2S/c1-9-2-3-10(17)8-11(9)18-15(20)7-4-12(19)13-5-6-14(16)21-13/h2-3,5-6,8H,4,7H2,1H3,(H,18,20). The normalized spacial score (nSPS) is 10.4. The fourth-order valence-corrected chi connectivity index (χ4v) is 2.77. The number of hydrogen-bond acceptors (Lipinski definition) is 3. The number of aryl methyl sites for hydroxylation is 1. The lowest BCUT2D eigenvalue weighted by Gasteiger charge is -2.08. The van der Waals surface area contributed by atoms with Crippen molar-refractivity contribution in [2.75, 3.05) is 5.32 Å². The maximum absolute atomic E-state index is 13.1. The Labute approximate surface area is 130 Å². The number of hydrogen-bond donors (Lipinski definition) is 1. The van der Waals surface area contributed by atoms with Gasteiger partial charge in [-0.15, -0.1) is 11.3 Å². The van der Waals surface area contributed by atoms with Gasteiger partial charge in [0.2, 0.25) is 5.91 Å². The summed E-state index contributed by atoms with van der Waals surface area (Å²) in [5, 5.41) is 2.61. The second-order valence-electron chi connectivity index (χ2n) is 4.53. The Kier molecular flexibility index (Phi) is 5.09. The van der Waals surface area contributed by atoms with Crippen molar-refractivity contribution in [3.63, 3.8) is 0 Å². The number of carbonyl (C=O) groups is 2. The molecule has 1 heterocycles. The molecule has 1 aromatic carbocycles. The first-order valence-electron chi connectivity index (χ1n) is 6.30. The van der Waals surface area contributed by atoms with E-state index in [1.54, 1.807) is 25.1 Å². The third kappa shape index (κ3) is 4.37. The van der Waals surface area contributed by atoms with Crippen molar-refractivity contribution in [1.29, 1.82) is 0 Å². The van der Waals surface area contributed by atoms with Crippen molar-refractivity contribution in [1.82, 2.24) is 0 Å². The molecule has 0 aliphatic carbocycles. The van der Waals surface area contributed by atoms with Crippen LogP contribution >= 0.6 is 22.9 Å². The molecular weight excluding hydrogens is 313 g/mol. The van der Waals surface area contributed by atoms with E-state index in [1.165, 1.54) is 23.5 Å². The fourth-order valence-electron chi connectivity index (χ4n) is 1.76. The zero-order valence-corrected chi connectivity index (χ0v) is 12.9. The molecule has 0 unspecified atom stereocenters. The topological polar surface area (TPSA) is 46.2 Å². The molecule has 1 amide bonds. The van der Waals surface area contributed by atoms with Crippen molar-refractivity contribution >= 4 is 40.3 Å². The molecule has 0 saturated heterocycles. The zero-order valence-electron chi connectivity index (χ0n) is 11.3. The van der Waals surface area contributed by atoms with Crippen LogP contribution in [0.15, 0.2) is 30.3 Å². The summed E-state index contributed by atoms with van der Waals surface area (Å²) in [5.74, 6) is -0.863. The van der Waals surface area contributed by atoms with Crippen LogP contribution in [0.5, 0.6) is 0 Å². The van der Waals surface area contributed by atoms with Crippen LogP contribution < -0.4 is 5.32 Å². The van der Waals surface area contributed by atoms with E-state index < -0.39 is 5.82 Å². The highest BCUT2D eigenvalue weighted by Crippen LogP contribution is 2.23. The van der Waals surface area contributed by atoms with Crippen LogP contribution in [-0.4, -0.2) is 11.7 Å². The molecule has 0 spiro atoms. The Balaban J connectivity index is 1.90. The fraction of sp³-hybridized carbons (Fsp3) is 0.200. The number of amides is 1. The van der Waals surface area contributed by atoms with E-state index in [1.807, 2.05) is 0 Å². The smallest absolute Gasteiger partial charge is 0.224 e. The molecular formula is C15H13ClFNO2S. The third-order valence-electron chi connectivity index (χ3n) is 2.90. The molecule has 0 fully saturated rings. The van der Waals surface area contributed by atoms with Gasteiger partial charge in [-0.2, -0.15) is 0 Å². The monoisotopic (exact) mass is 325 g/mol. The minimum Gasteiger partial charge on any atom is -0.326 e. The molecule has 1 N–H and O–H groups in total. The number of anilines is 1. The number of nitrogens with one attached hydrogen (secondary N) is 1. The van der Waals surface area contributed by atoms with Crippen LogP contribution in [0, 0.1) is 12.7 Å². The summed E-state index contributed by atoms with van der Waals surface area (Å²) >= 11 is 6.95. The van der Waals surface area contributed by atoms with Crippen molar-refractivity contribution in [3.05, 3.63) is 50.9 Å². The molecule has 0 bridgehead atoms. The first kappa shape index (κ1) is 15.7. The number of rotatable bonds is 5. The quantitative estimate of drug-likeness (QED) is 0.825. The van der Waals surface area contributed by atoms with Crippen LogP contribution in [0.2, 0.25) is 4.34 Å². The minimum absolute atomic E-state index is 0.0459. The summed E-state index contributed by atoms with van der Waals surface area (Å²) in [7, 11) is 0. The van der Waals surface area contributed by atoms with Crippen LogP contribution in [0.3, 0.4) is 0 Å². The highest BCUT2D eigenvalue weighted by atomic mass is 35.5. The Morgan fingerprint density at radius 1 is 1.24 bits per heavy atom. The molecule has 2 rings (SSSR count). The number of carbonyl (C=O) groups excluding carboxylic acids is 2. The Morgan fingerprint density at radius 2 is 2.00 bits per heavy atom. The second-order valence-corrected chi connectivity index (χ2v) is 6.25. The lowest BCUT2D eigenvalue weighted by molar-refractivity contribution is -0.116. The summed E-state index contributed by atoms with van der Waals surface area (Å²) in [6.45, 7) is 1.77. The van der Waals surface area contributed by atoms with Gasteiger partial charge in [0.15, 0.2) is 5.78 Å². The second kappa shape index (κ2) is 6.83. The molecule has 1 aromatic heterocycles. The lowest BCUT2D eigenvalue weighted by Crippen LogP contribution is -2.14. The average Bonchev–Trinajstić information content (AvgIpc) is 2.87. The summed E-state index contributed by atoms with van der Waals surface area (Å²) < 4.78 is 13.7. The van der Waals surface area contributed by atoms with Gasteiger partial charge < -0.3 is 5.32 Å². The number of benzene rings is 1. The summed E-state index contributed by atoms with van der Waals surface area (Å²) in [5.41, 5.74) is 1.19.